The molecule has 0 atom stereocenters. The average Bonchev–Trinajstić information content (AvgIpc) is 3.90. The van der Waals surface area contributed by atoms with Gasteiger partial charge in [-0.1, -0.05) is 6.07 Å². The number of carbonyl (C=O) groups excluding carboxylic acids is 2. The van der Waals surface area contributed by atoms with E-state index in [1.807, 2.05) is 37.3 Å². The van der Waals surface area contributed by atoms with Crippen LogP contribution in [0.15, 0.2) is 54.9 Å². The number of nitrogens with zero attached hydrogens (tertiary/aromatic N) is 5. The monoisotopic (exact) mass is 550 g/mol. The molecule has 11 nitrogen and oxygen atoms in total. The maximum atomic E-state index is 13.0. The Morgan fingerprint density at radius 1 is 0.976 bits per heavy atom. The molecular weight excluding hydrogens is 520 g/mol. The molecule has 2 aliphatic rings. The topological polar surface area (TPSA) is 155 Å². The van der Waals surface area contributed by atoms with Gasteiger partial charge in [0.25, 0.3) is 5.91 Å². The maximum Gasteiger partial charge on any atom is 0.276 e. The molecule has 0 aliphatic heterocycles. The van der Waals surface area contributed by atoms with Crippen LogP contribution in [0.25, 0.3) is 22.5 Å². The molecule has 0 radical (unpaired) electrons. The van der Waals surface area contributed by atoms with Crippen LogP contribution in [0.4, 0.5) is 17.5 Å². The summed E-state index contributed by atoms with van der Waals surface area (Å²) in [6.45, 7) is 2.16. The van der Waals surface area contributed by atoms with Crippen LogP contribution < -0.4 is 16.0 Å². The van der Waals surface area contributed by atoms with Crippen molar-refractivity contribution < 1.29 is 14.7 Å². The zero-order valence-corrected chi connectivity index (χ0v) is 22.6. The number of aromatic nitrogens is 5. The van der Waals surface area contributed by atoms with E-state index in [0.717, 1.165) is 47.9 Å². The highest BCUT2D eigenvalue weighted by atomic mass is 16.3. The molecule has 2 aliphatic carbocycles. The highest BCUT2D eigenvalue weighted by Crippen LogP contribution is 2.39. The zero-order chi connectivity index (χ0) is 28.3. The third-order valence-corrected chi connectivity index (χ3v) is 7.10. The summed E-state index contributed by atoms with van der Waals surface area (Å²) < 4.78 is 0. The SMILES string of the molecule is Cc1ccc(NC(=O)c2cc(C3CC3)cnn2)cc1-c1cc(-c2ccnc(NC(=O)C3CC3)c2)nc(NCCO)n1. The number of hydrogen-bond acceptors (Lipinski definition) is 9. The largest absolute Gasteiger partial charge is 0.395 e. The van der Waals surface area contributed by atoms with Gasteiger partial charge in [0, 0.05) is 35.5 Å². The van der Waals surface area contributed by atoms with Crippen LogP contribution in [0, 0.1) is 12.8 Å². The van der Waals surface area contributed by atoms with Crippen molar-refractivity contribution >= 4 is 29.3 Å². The Hall–Kier alpha value is -4.77. The lowest BCUT2D eigenvalue weighted by Crippen LogP contribution is -2.15. The summed E-state index contributed by atoms with van der Waals surface area (Å²) in [4.78, 5) is 38.9. The van der Waals surface area contributed by atoms with Crippen molar-refractivity contribution in [2.24, 2.45) is 5.92 Å². The molecule has 6 rings (SSSR count). The van der Waals surface area contributed by atoms with Crippen molar-refractivity contribution in [2.45, 2.75) is 38.5 Å². The number of aliphatic hydroxyl groups excluding tert-OH is 1. The molecule has 11 heteroatoms. The predicted octanol–water partition coefficient (Wildman–Crippen LogP) is 4.19. The Morgan fingerprint density at radius 2 is 1.80 bits per heavy atom. The fourth-order valence-corrected chi connectivity index (χ4v) is 4.52. The first-order chi connectivity index (χ1) is 20.0. The van der Waals surface area contributed by atoms with E-state index < -0.39 is 0 Å². The normalized spacial score (nSPS) is 14.4. The number of hydrogen-bond donors (Lipinski definition) is 4. The number of pyridine rings is 1. The zero-order valence-electron chi connectivity index (χ0n) is 22.6. The van der Waals surface area contributed by atoms with Gasteiger partial charge in [-0.2, -0.15) is 5.10 Å². The maximum absolute atomic E-state index is 13.0. The van der Waals surface area contributed by atoms with Gasteiger partial charge in [-0.3, -0.25) is 9.59 Å². The number of benzene rings is 1. The van der Waals surface area contributed by atoms with Crippen LogP contribution in [0.1, 0.15) is 53.2 Å². The molecule has 1 aromatic carbocycles. The Kier molecular flexibility index (Phi) is 7.34. The number of carbonyl (C=O) groups is 2. The van der Waals surface area contributed by atoms with Crippen molar-refractivity contribution in [3.05, 3.63) is 71.7 Å². The number of aryl methyl sites for hydroxylation is 1. The first-order valence-electron chi connectivity index (χ1n) is 13.7. The number of nitrogens with one attached hydrogen (secondary N) is 3. The fourth-order valence-electron chi connectivity index (χ4n) is 4.52. The highest BCUT2D eigenvalue weighted by molar-refractivity contribution is 6.03. The number of amides is 2. The van der Waals surface area contributed by atoms with Gasteiger partial charge in [0.05, 0.1) is 24.2 Å². The van der Waals surface area contributed by atoms with Crippen LogP contribution in [-0.4, -0.2) is 55.2 Å². The Bertz CT molecular complexity index is 1620. The summed E-state index contributed by atoms with van der Waals surface area (Å²) in [5, 5.41) is 26.3. The van der Waals surface area contributed by atoms with Gasteiger partial charge < -0.3 is 21.1 Å². The molecule has 2 fully saturated rings. The van der Waals surface area contributed by atoms with Crippen LogP contribution in [0.5, 0.6) is 0 Å². The first-order valence-corrected chi connectivity index (χ1v) is 13.7. The fraction of sp³-hybridized carbons (Fsp3) is 0.300. The second kappa shape index (κ2) is 11.4. The summed E-state index contributed by atoms with van der Waals surface area (Å²) in [5.74, 6) is 0.969. The van der Waals surface area contributed by atoms with E-state index in [0.29, 0.717) is 34.8 Å². The van der Waals surface area contributed by atoms with E-state index in [9.17, 15) is 14.7 Å². The molecule has 208 valence electrons. The van der Waals surface area contributed by atoms with Crippen molar-refractivity contribution in [3.63, 3.8) is 0 Å². The summed E-state index contributed by atoms with van der Waals surface area (Å²) in [5.41, 5.74) is 5.64. The van der Waals surface area contributed by atoms with Gasteiger partial charge in [0.1, 0.15) is 5.82 Å². The van der Waals surface area contributed by atoms with Crippen LogP contribution in [0.2, 0.25) is 0 Å². The van der Waals surface area contributed by atoms with Gasteiger partial charge in [-0.15, -0.1) is 5.10 Å². The number of anilines is 3. The van der Waals surface area contributed by atoms with E-state index in [-0.39, 0.29) is 36.6 Å². The minimum Gasteiger partial charge on any atom is -0.395 e. The molecule has 0 spiro atoms. The molecule has 3 aromatic heterocycles. The van der Waals surface area contributed by atoms with Crippen molar-refractivity contribution in [3.8, 4) is 22.5 Å². The van der Waals surface area contributed by atoms with Gasteiger partial charge in [-0.25, -0.2) is 15.0 Å². The van der Waals surface area contributed by atoms with Crippen molar-refractivity contribution in [1.29, 1.82) is 0 Å². The molecule has 4 aromatic rings. The van der Waals surface area contributed by atoms with E-state index >= 15 is 0 Å². The van der Waals surface area contributed by atoms with E-state index in [4.69, 9.17) is 4.98 Å². The summed E-state index contributed by atoms with van der Waals surface area (Å²) in [7, 11) is 0. The first kappa shape index (κ1) is 26.5. The molecule has 3 heterocycles. The average molecular weight is 551 g/mol. The van der Waals surface area contributed by atoms with Crippen LogP contribution in [0.3, 0.4) is 0 Å². The van der Waals surface area contributed by atoms with Crippen LogP contribution >= 0.6 is 0 Å². The number of rotatable bonds is 10. The third-order valence-electron chi connectivity index (χ3n) is 7.10. The van der Waals surface area contributed by atoms with Crippen LogP contribution in [-0.2, 0) is 4.79 Å². The third kappa shape index (κ3) is 6.36. The standard InChI is InChI=1S/C30H30N8O3/c1-17-2-7-22(34-29(41)26-12-21(16-33-38-26)18-3-4-18)14-23(17)25-15-24(35-30(36-25)32-10-11-39)20-8-9-31-27(13-20)37-28(40)19-5-6-19/h2,7-9,12-16,18-19,39H,3-6,10-11H2,1H3,(H,34,41)(H,31,37,40)(H,32,35,36). The molecule has 2 amide bonds. The molecule has 4 N–H and O–H groups in total. The summed E-state index contributed by atoms with van der Waals surface area (Å²) >= 11 is 0. The van der Waals surface area contributed by atoms with Gasteiger partial charge in [0.15, 0.2) is 5.69 Å². The molecule has 41 heavy (non-hydrogen) atoms. The minimum absolute atomic E-state index is 0.0249. The van der Waals surface area contributed by atoms with E-state index in [1.165, 1.54) is 0 Å². The van der Waals surface area contributed by atoms with Gasteiger partial charge in [0.2, 0.25) is 11.9 Å². The van der Waals surface area contributed by atoms with Gasteiger partial charge >= 0.3 is 0 Å². The minimum atomic E-state index is -0.332. The molecular formula is C30H30N8O3. The predicted molar refractivity (Wildman–Crippen MR) is 154 cm³/mol. The highest BCUT2D eigenvalue weighted by Gasteiger charge is 2.30. The second-order valence-electron chi connectivity index (χ2n) is 10.4. The Labute approximate surface area is 236 Å². The quantitative estimate of drug-likeness (QED) is 0.227. The van der Waals surface area contributed by atoms with E-state index in [1.54, 1.807) is 24.5 Å². The Balaban J connectivity index is 1.30. The molecule has 0 unspecified atom stereocenters. The van der Waals surface area contributed by atoms with Crippen molar-refractivity contribution in [1.82, 2.24) is 25.1 Å². The second-order valence-corrected chi connectivity index (χ2v) is 10.4. The smallest absolute Gasteiger partial charge is 0.276 e. The number of aliphatic hydroxyl groups is 1. The Morgan fingerprint density at radius 3 is 2.59 bits per heavy atom. The summed E-state index contributed by atoms with van der Waals surface area (Å²) in [6.07, 6.45) is 7.38. The molecule has 0 bridgehead atoms. The lowest BCUT2D eigenvalue weighted by atomic mass is 10.0. The van der Waals surface area contributed by atoms with E-state index in [2.05, 4.69) is 36.1 Å². The lowest BCUT2D eigenvalue weighted by Gasteiger charge is -2.13. The van der Waals surface area contributed by atoms with Gasteiger partial charge in [-0.05, 0) is 86.1 Å². The van der Waals surface area contributed by atoms with Crippen molar-refractivity contribution in [2.75, 3.05) is 29.1 Å². The summed E-state index contributed by atoms with van der Waals surface area (Å²) in [6, 6.07) is 12.9. The lowest BCUT2D eigenvalue weighted by molar-refractivity contribution is -0.117. The molecule has 0 saturated heterocycles. The molecule has 2 saturated carbocycles.